The lowest BCUT2D eigenvalue weighted by atomic mass is 10.2. The number of hydrogen-bond acceptors (Lipinski definition) is 5. The van der Waals surface area contributed by atoms with E-state index in [2.05, 4.69) is 10.1 Å². The van der Waals surface area contributed by atoms with E-state index in [-0.39, 0.29) is 5.97 Å². The minimum atomic E-state index is -0.534. The van der Waals surface area contributed by atoms with E-state index in [1.54, 1.807) is 24.1 Å². The Bertz CT molecular complexity index is 639. The molecule has 2 rings (SSSR count). The Labute approximate surface area is 123 Å². The van der Waals surface area contributed by atoms with Crippen molar-refractivity contribution in [2.75, 3.05) is 7.11 Å². The van der Waals surface area contributed by atoms with E-state index in [1.807, 2.05) is 33.8 Å². The van der Waals surface area contributed by atoms with Crippen molar-refractivity contribution >= 4 is 5.97 Å². The van der Waals surface area contributed by atoms with Crippen LogP contribution >= 0.6 is 0 Å². The Balaban J connectivity index is 2.29. The lowest BCUT2D eigenvalue weighted by Gasteiger charge is -2.19. The van der Waals surface area contributed by atoms with Gasteiger partial charge in [0.25, 0.3) is 0 Å². The van der Waals surface area contributed by atoms with Gasteiger partial charge in [-0.05, 0) is 33.8 Å². The molecule has 0 bridgehead atoms. The number of carbonyl (C=O) groups excluding carboxylic acids is 1. The molecule has 0 saturated carbocycles. The van der Waals surface area contributed by atoms with Crippen molar-refractivity contribution in [2.45, 2.75) is 33.3 Å². The number of rotatable bonds is 3. The first-order valence-electron chi connectivity index (χ1n) is 6.60. The molecule has 0 amide bonds. The summed E-state index contributed by atoms with van der Waals surface area (Å²) >= 11 is 0. The van der Waals surface area contributed by atoms with Crippen LogP contribution in [0, 0.1) is 6.92 Å². The van der Waals surface area contributed by atoms with Gasteiger partial charge in [-0.25, -0.2) is 14.5 Å². The molecule has 112 valence electrons. The maximum Gasteiger partial charge on any atom is 0.342 e. The van der Waals surface area contributed by atoms with Crippen molar-refractivity contribution in [3.05, 3.63) is 35.8 Å². The van der Waals surface area contributed by atoms with Gasteiger partial charge in [0.05, 0.1) is 30.9 Å². The summed E-state index contributed by atoms with van der Waals surface area (Å²) in [4.78, 5) is 16.2. The Morgan fingerprint density at radius 2 is 1.95 bits per heavy atom. The first-order valence-corrected chi connectivity index (χ1v) is 6.60. The molecule has 0 unspecified atom stereocenters. The molecule has 0 saturated heterocycles. The first kappa shape index (κ1) is 15.0. The zero-order chi connectivity index (χ0) is 15.6. The molecule has 2 heterocycles. The van der Waals surface area contributed by atoms with Crippen LogP contribution in [-0.4, -0.2) is 33.4 Å². The summed E-state index contributed by atoms with van der Waals surface area (Å²) in [5, 5.41) is 4.23. The largest absolute Gasteiger partial charge is 0.481 e. The molecule has 0 radical (unpaired) electrons. The van der Waals surface area contributed by atoms with Crippen LogP contribution in [0.2, 0.25) is 0 Å². The summed E-state index contributed by atoms with van der Waals surface area (Å²) in [6.07, 6.45) is 3.14. The minimum absolute atomic E-state index is 0.382. The second kappa shape index (κ2) is 5.55. The van der Waals surface area contributed by atoms with Crippen LogP contribution in [0.1, 0.15) is 36.8 Å². The average Bonchev–Trinajstić information content (AvgIpc) is 2.79. The number of carbonyl (C=O) groups is 1. The third-order valence-electron chi connectivity index (χ3n) is 2.80. The highest BCUT2D eigenvalue weighted by molar-refractivity contribution is 5.90. The summed E-state index contributed by atoms with van der Waals surface area (Å²) in [7, 11) is 1.56. The van der Waals surface area contributed by atoms with Crippen molar-refractivity contribution in [3.8, 4) is 11.6 Å². The second-order valence-electron chi connectivity index (χ2n) is 5.62. The van der Waals surface area contributed by atoms with Crippen LogP contribution in [0.15, 0.2) is 24.5 Å². The molecule has 6 nitrogen and oxygen atoms in total. The number of esters is 1. The molecule has 6 heteroatoms. The standard InChI is InChI=1S/C15H19N3O3/c1-10-12(14(19)21-15(2,3)4)9-17-18(10)11-6-7-13(20-5)16-8-11/h6-9H,1-5H3. The summed E-state index contributed by atoms with van der Waals surface area (Å²) in [6, 6.07) is 3.56. The molecular weight excluding hydrogens is 270 g/mol. The van der Waals surface area contributed by atoms with E-state index in [0.29, 0.717) is 17.1 Å². The summed E-state index contributed by atoms with van der Waals surface area (Å²) < 4.78 is 12.0. The quantitative estimate of drug-likeness (QED) is 0.812. The van der Waals surface area contributed by atoms with Crippen LogP contribution in [-0.2, 0) is 4.74 Å². The Hall–Kier alpha value is -2.37. The van der Waals surface area contributed by atoms with Gasteiger partial charge in [-0.3, -0.25) is 0 Å². The normalized spacial score (nSPS) is 11.3. The fourth-order valence-corrected chi connectivity index (χ4v) is 1.82. The summed E-state index contributed by atoms with van der Waals surface area (Å²) in [6.45, 7) is 7.31. The Morgan fingerprint density at radius 3 is 2.48 bits per heavy atom. The molecule has 0 aliphatic heterocycles. The fraction of sp³-hybridized carbons (Fsp3) is 0.400. The van der Waals surface area contributed by atoms with E-state index in [9.17, 15) is 4.79 Å². The lowest BCUT2D eigenvalue weighted by molar-refractivity contribution is 0.00687. The zero-order valence-electron chi connectivity index (χ0n) is 12.9. The predicted octanol–water partition coefficient (Wildman–Crippen LogP) is 2.54. The van der Waals surface area contributed by atoms with Gasteiger partial charge in [-0.1, -0.05) is 0 Å². The lowest BCUT2D eigenvalue weighted by Crippen LogP contribution is -2.24. The van der Waals surface area contributed by atoms with Crippen LogP contribution in [0.3, 0.4) is 0 Å². The maximum atomic E-state index is 12.1. The molecule has 0 atom stereocenters. The van der Waals surface area contributed by atoms with Crippen molar-refractivity contribution < 1.29 is 14.3 Å². The van der Waals surface area contributed by atoms with Gasteiger partial charge in [0.1, 0.15) is 11.2 Å². The topological polar surface area (TPSA) is 66.2 Å². The molecule has 0 spiro atoms. The number of ether oxygens (including phenoxy) is 2. The number of nitrogens with zero attached hydrogens (tertiary/aromatic N) is 3. The Kier molecular flexibility index (Phi) is 3.97. The van der Waals surface area contributed by atoms with Gasteiger partial charge in [-0.2, -0.15) is 5.10 Å². The number of methoxy groups -OCH3 is 1. The zero-order valence-corrected chi connectivity index (χ0v) is 12.9. The van der Waals surface area contributed by atoms with Crippen LogP contribution in [0.4, 0.5) is 0 Å². The van der Waals surface area contributed by atoms with Crippen molar-refractivity contribution in [1.29, 1.82) is 0 Å². The third-order valence-corrected chi connectivity index (χ3v) is 2.80. The van der Waals surface area contributed by atoms with Gasteiger partial charge < -0.3 is 9.47 Å². The smallest absolute Gasteiger partial charge is 0.342 e. The molecule has 21 heavy (non-hydrogen) atoms. The molecule has 0 N–H and O–H groups in total. The molecule has 2 aromatic rings. The third kappa shape index (κ3) is 3.39. The van der Waals surface area contributed by atoms with Gasteiger partial charge in [-0.15, -0.1) is 0 Å². The molecule has 0 aliphatic rings. The summed E-state index contributed by atoms with van der Waals surface area (Å²) in [5.41, 5.74) is 1.37. The molecule has 0 aliphatic carbocycles. The van der Waals surface area contributed by atoms with E-state index in [0.717, 1.165) is 5.69 Å². The average molecular weight is 289 g/mol. The minimum Gasteiger partial charge on any atom is -0.481 e. The SMILES string of the molecule is COc1ccc(-n2ncc(C(=O)OC(C)(C)C)c2C)cn1. The van der Waals surface area contributed by atoms with E-state index in [1.165, 1.54) is 6.20 Å². The fourth-order valence-electron chi connectivity index (χ4n) is 1.82. The number of aromatic nitrogens is 3. The Morgan fingerprint density at radius 1 is 1.24 bits per heavy atom. The highest BCUT2D eigenvalue weighted by atomic mass is 16.6. The van der Waals surface area contributed by atoms with Gasteiger partial charge in [0.2, 0.25) is 5.88 Å². The first-order chi connectivity index (χ1) is 9.81. The highest BCUT2D eigenvalue weighted by Gasteiger charge is 2.22. The van der Waals surface area contributed by atoms with Gasteiger partial charge >= 0.3 is 5.97 Å². The molecule has 2 aromatic heterocycles. The van der Waals surface area contributed by atoms with Crippen molar-refractivity contribution in [2.24, 2.45) is 0 Å². The number of pyridine rings is 1. The van der Waals surface area contributed by atoms with Crippen molar-refractivity contribution in [3.63, 3.8) is 0 Å². The monoisotopic (exact) mass is 289 g/mol. The summed E-state index contributed by atoms with van der Waals surface area (Å²) in [5.74, 6) is 0.142. The van der Waals surface area contributed by atoms with Gasteiger partial charge in [0.15, 0.2) is 0 Å². The molecule has 0 fully saturated rings. The van der Waals surface area contributed by atoms with Crippen LogP contribution in [0.25, 0.3) is 5.69 Å². The van der Waals surface area contributed by atoms with E-state index < -0.39 is 5.60 Å². The maximum absolute atomic E-state index is 12.1. The molecular formula is C15H19N3O3. The van der Waals surface area contributed by atoms with Crippen LogP contribution in [0.5, 0.6) is 5.88 Å². The van der Waals surface area contributed by atoms with Crippen LogP contribution < -0.4 is 4.74 Å². The van der Waals surface area contributed by atoms with Gasteiger partial charge in [0, 0.05) is 6.07 Å². The molecule has 0 aromatic carbocycles. The predicted molar refractivity (Wildman–Crippen MR) is 77.8 cm³/mol. The van der Waals surface area contributed by atoms with E-state index >= 15 is 0 Å². The highest BCUT2D eigenvalue weighted by Crippen LogP contribution is 2.18. The van der Waals surface area contributed by atoms with E-state index in [4.69, 9.17) is 9.47 Å². The van der Waals surface area contributed by atoms with Crippen molar-refractivity contribution in [1.82, 2.24) is 14.8 Å². The second-order valence-corrected chi connectivity index (χ2v) is 5.62. The number of hydrogen-bond donors (Lipinski definition) is 0.